The lowest BCUT2D eigenvalue weighted by atomic mass is 10.0. The summed E-state index contributed by atoms with van der Waals surface area (Å²) in [5.41, 5.74) is 4.13. The number of aromatic nitrogens is 1. The summed E-state index contributed by atoms with van der Waals surface area (Å²) in [6.45, 7) is 4.93. The number of carbonyl (C=O) groups excluding carboxylic acids is 2. The molecule has 1 aromatic heterocycles. The van der Waals surface area contributed by atoms with E-state index < -0.39 is 6.10 Å². The van der Waals surface area contributed by atoms with Gasteiger partial charge in [-0.15, -0.1) is 11.3 Å². The van der Waals surface area contributed by atoms with E-state index in [9.17, 15) is 9.59 Å². The van der Waals surface area contributed by atoms with Crippen molar-refractivity contribution in [2.75, 3.05) is 17.2 Å². The van der Waals surface area contributed by atoms with E-state index in [4.69, 9.17) is 4.74 Å². The Morgan fingerprint density at radius 2 is 1.94 bits per heavy atom. The standard InChI is InChI=1S/C24H25N3O3S/c1-15(2)16-8-10-17(11-9-16)20-14-31-24(26-20)27-22(28)18-5-3-6-19(13-18)25-23(29)21-7-4-12-30-21/h3,5-6,8-11,13-15,21H,4,7,12H2,1-2H3,(H,25,29)(H,26,27,28). The molecule has 1 unspecified atom stereocenters. The molecule has 4 rings (SSSR count). The Bertz CT molecular complexity index is 1070. The Kier molecular flexibility index (Phi) is 6.44. The van der Waals surface area contributed by atoms with Crippen LogP contribution in [0.15, 0.2) is 53.9 Å². The Balaban J connectivity index is 1.41. The maximum Gasteiger partial charge on any atom is 0.257 e. The highest BCUT2D eigenvalue weighted by atomic mass is 32.1. The number of nitrogens with zero attached hydrogens (tertiary/aromatic N) is 1. The van der Waals surface area contributed by atoms with Crippen LogP contribution in [0.1, 0.15) is 48.5 Å². The number of hydrogen-bond donors (Lipinski definition) is 2. The molecule has 1 aliphatic rings. The maximum absolute atomic E-state index is 12.7. The largest absolute Gasteiger partial charge is 0.368 e. The molecule has 160 valence electrons. The van der Waals surface area contributed by atoms with Crippen molar-refractivity contribution < 1.29 is 14.3 Å². The number of nitrogens with one attached hydrogen (secondary N) is 2. The maximum atomic E-state index is 12.7. The number of thiazole rings is 1. The van der Waals surface area contributed by atoms with Gasteiger partial charge in [-0.25, -0.2) is 4.98 Å². The van der Waals surface area contributed by atoms with Crippen molar-refractivity contribution in [3.05, 3.63) is 65.0 Å². The highest BCUT2D eigenvalue weighted by Gasteiger charge is 2.23. The monoisotopic (exact) mass is 435 g/mol. The summed E-state index contributed by atoms with van der Waals surface area (Å²) in [6, 6.07) is 15.2. The zero-order valence-corrected chi connectivity index (χ0v) is 18.4. The molecule has 7 heteroatoms. The second kappa shape index (κ2) is 9.41. The molecule has 0 saturated carbocycles. The second-order valence-corrected chi connectivity index (χ2v) is 8.70. The van der Waals surface area contributed by atoms with E-state index in [1.807, 2.05) is 5.38 Å². The van der Waals surface area contributed by atoms with Crippen molar-refractivity contribution in [3.8, 4) is 11.3 Å². The molecule has 2 amide bonds. The summed E-state index contributed by atoms with van der Waals surface area (Å²) >= 11 is 1.38. The van der Waals surface area contributed by atoms with Crippen molar-refractivity contribution >= 4 is 34.0 Å². The van der Waals surface area contributed by atoms with E-state index >= 15 is 0 Å². The summed E-state index contributed by atoms with van der Waals surface area (Å²) < 4.78 is 5.40. The first kappa shape index (κ1) is 21.2. The number of benzene rings is 2. The van der Waals surface area contributed by atoms with Gasteiger partial charge in [0, 0.05) is 28.8 Å². The molecule has 31 heavy (non-hydrogen) atoms. The van der Waals surface area contributed by atoms with Crippen LogP contribution in [0, 0.1) is 0 Å². The fourth-order valence-corrected chi connectivity index (χ4v) is 4.13. The summed E-state index contributed by atoms with van der Waals surface area (Å²) in [5, 5.41) is 8.13. The SMILES string of the molecule is CC(C)c1ccc(-c2csc(NC(=O)c3cccc(NC(=O)C4CCCO4)c3)n2)cc1. The van der Waals surface area contributed by atoms with Crippen LogP contribution in [0.3, 0.4) is 0 Å². The molecule has 6 nitrogen and oxygen atoms in total. The topological polar surface area (TPSA) is 80.3 Å². The average molecular weight is 436 g/mol. The first-order valence-corrected chi connectivity index (χ1v) is 11.3. The zero-order valence-electron chi connectivity index (χ0n) is 17.6. The van der Waals surface area contributed by atoms with Crippen LogP contribution < -0.4 is 10.6 Å². The molecule has 1 fully saturated rings. The molecule has 1 atom stereocenters. The fraction of sp³-hybridized carbons (Fsp3) is 0.292. The van der Waals surface area contributed by atoms with Crippen LogP contribution in [0.4, 0.5) is 10.8 Å². The average Bonchev–Trinajstić information content (AvgIpc) is 3.46. The highest BCUT2D eigenvalue weighted by Crippen LogP contribution is 2.27. The first-order valence-electron chi connectivity index (χ1n) is 10.4. The lowest BCUT2D eigenvalue weighted by molar-refractivity contribution is -0.124. The van der Waals surface area contributed by atoms with Crippen molar-refractivity contribution in [3.63, 3.8) is 0 Å². The third kappa shape index (κ3) is 5.18. The predicted molar refractivity (Wildman–Crippen MR) is 124 cm³/mol. The van der Waals surface area contributed by atoms with E-state index in [0.29, 0.717) is 28.9 Å². The Morgan fingerprint density at radius 3 is 2.65 bits per heavy atom. The number of carbonyl (C=O) groups is 2. The van der Waals surface area contributed by atoms with Gasteiger partial charge in [-0.1, -0.05) is 44.2 Å². The molecule has 1 saturated heterocycles. The number of hydrogen-bond acceptors (Lipinski definition) is 5. The van der Waals surface area contributed by atoms with E-state index in [1.54, 1.807) is 24.3 Å². The molecule has 3 aromatic rings. The molecular weight excluding hydrogens is 410 g/mol. The highest BCUT2D eigenvalue weighted by molar-refractivity contribution is 7.14. The van der Waals surface area contributed by atoms with Crippen molar-refractivity contribution in [1.82, 2.24) is 4.98 Å². The summed E-state index contributed by atoms with van der Waals surface area (Å²) in [5.74, 6) is 0.0259. The smallest absolute Gasteiger partial charge is 0.257 e. The molecule has 0 aliphatic carbocycles. The predicted octanol–water partition coefficient (Wildman–Crippen LogP) is 5.30. The summed E-state index contributed by atoms with van der Waals surface area (Å²) in [7, 11) is 0. The van der Waals surface area contributed by atoms with Gasteiger partial charge in [-0.2, -0.15) is 0 Å². The van der Waals surface area contributed by atoms with Gasteiger partial charge in [-0.05, 0) is 42.5 Å². The van der Waals surface area contributed by atoms with Gasteiger partial charge in [-0.3, -0.25) is 14.9 Å². The van der Waals surface area contributed by atoms with Crippen LogP contribution >= 0.6 is 11.3 Å². The number of rotatable bonds is 6. The normalized spacial score (nSPS) is 15.8. The molecule has 2 heterocycles. The fourth-order valence-electron chi connectivity index (χ4n) is 3.42. The van der Waals surface area contributed by atoms with Gasteiger partial charge < -0.3 is 10.1 Å². The Hall–Kier alpha value is -3.03. The van der Waals surface area contributed by atoms with Crippen LogP contribution in [0.25, 0.3) is 11.3 Å². The summed E-state index contributed by atoms with van der Waals surface area (Å²) in [6.07, 6.45) is 1.19. The van der Waals surface area contributed by atoms with Gasteiger partial charge >= 0.3 is 0 Å². The molecule has 2 aromatic carbocycles. The van der Waals surface area contributed by atoms with E-state index in [0.717, 1.165) is 24.1 Å². The van der Waals surface area contributed by atoms with Gasteiger partial charge in [0.2, 0.25) is 0 Å². The van der Waals surface area contributed by atoms with Crippen LogP contribution in [-0.4, -0.2) is 29.5 Å². The minimum atomic E-state index is -0.416. The minimum Gasteiger partial charge on any atom is -0.368 e. The van der Waals surface area contributed by atoms with Gasteiger partial charge in [0.05, 0.1) is 5.69 Å². The van der Waals surface area contributed by atoms with Gasteiger partial charge in [0.25, 0.3) is 11.8 Å². The number of amides is 2. The van der Waals surface area contributed by atoms with Crippen molar-refractivity contribution in [2.45, 2.75) is 38.7 Å². The third-order valence-corrected chi connectivity index (χ3v) is 5.97. The van der Waals surface area contributed by atoms with Crippen LogP contribution in [0.2, 0.25) is 0 Å². The Labute approximate surface area is 185 Å². The van der Waals surface area contributed by atoms with Crippen molar-refractivity contribution in [2.24, 2.45) is 0 Å². The molecule has 0 bridgehead atoms. The lowest BCUT2D eigenvalue weighted by Gasteiger charge is -2.11. The molecule has 1 aliphatic heterocycles. The van der Waals surface area contributed by atoms with E-state index in [2.05, 4.69) is 53.7 Å². The van der Waals surface area contributed by atoms with E-state index in [1.165, 1.54) is 16.9 Å². The van der Waals surface area contributed by atoms with Gasteiger partial charge in [0.15, 0.2) is 5.13 Å². The third-order valence-electron chi connectivity index (χ3n) is 5.21. The van der Waals surface area contributed by atoms with Crippen LogP contribution in [0.5, 0.6) is 0 Å². The zero-order chi connectivity index (χ0) is 21.8. The van der Waals surface area contributed by atoms with Gasteiger partial charge in [0.1, 0.15) is 6.10 Å². The summed E-state index contributed by atoms with van der Waals surface area (Å²) in [4.78, 5) is 29.5. The molecule has 0 spiro atoms. The lowest BCUT2D eigenvalue weighted by Crippen LogP contribution is -2.27. The second-order valence-electron chi connectivity index (χ2n) is 7.84. The van der Waals surface area contributed by atoms with Crippen molar-refractivity contribution in [1.29, 1.82) is 0 Å². The first-order chi connectivity index (χ1) is 15.0. The molecule has 0 radical (unpaired) electrons. The molecule has 2 N–H and O–H groups in total. The minimum absolute atomic E-state index is 0.178. The van der Waals surface area contributed by atoms with Crippen LogP contribution in [-0.2, 0) is 9.53 Å². The Morgan fingerprint density at radius 1 is 1.13 bits per heavy atom. The number of anilines is 2. The molecular formula is C24H25N3O3S. The quantitative estimate of drug-likeness (QED) is 0.550. The number of ether oxygens (including phenoxy) is 1. The van der Waals surface area contributed by atoms with E-state index in [-0.39, 0.29) is 11.8 Å².